The summed E-state index contributed by atoms with van der Waals surface area (Å²) in [5.41, 5.74) is 1.36. The largest absolute Gasteiger partial charge is 0.494 e. The van der Waals surface area contributed by atoms with E-state index >= 15 is 0 Å². The molecule has 0 saturated heterocycles. The van der Waals surface area contributed by atoms with Gasteiger partial charge in [0.1, 0.15) is 5.75 Å². The number of benzene rings is 4. The van der Waals surface area contributed by atoms with Gasteiger partial charge in [0, 0.05) is 25.0 Å². The Morgan fingerprint density at radius 2 is 1.39 bits per heavy atom. The van der Waals surface area contributed by atoms with E-state index in [1.165, 1.54) is 52.2 Å². The van der Waals surface area contributed by atoms with Crippen LogP contribution in [0.4, 0.5) is 0 Å². The molecule has 0 fully saturated rings. The van der Waals surface area contributed by atoms with E-state index in [9.17, 15) is 0 Å². The van der Waals surface area contributed by atoms with Crippen molar-refractivity contribution in [2.24, 2.45) is 0 Å². The van der Waals surface area contributed by atoms with Gasteiger partial charge in [-0.1, -0.05) is 36.4 Å². The van der Waals surface area contributed by atoms with Crippen molar-refractivity contribution in [3.8, 4) is 5.75 Å². The summed E-state index contributed by atoms with van der Waals surface area (Å²) in [7, 11) is 0. The highest BCUT2D eigenvalue weighted by molar-refractivity contribution is 7.20. The first-order valence-electron chi connectivity index (χ1n) is 10.8. The molecule has 0 aliphatic rings. The minimum absolute atomic E-state index is 0.711. The van der Waals surface area contributed by atoms with Crippen molar-refractivity contribution in [1.82, 2.24) is 0 Å². The SMILES string of the molecule is CCOc1ccc(CCc2cc3ccc4cc5c(ccc6ccsc65)cc4c3s2)cc1. The molecule has 0 aliphatic carbocycles. The molecule has 6 aromatic rings. The second kappa shape index (κ2) is 7.67. The Morgan fingerprint density at radius 1 is 0.677 bits per heavy atom. The molecule has 0 spiro atoms. The normalized spacial score (nSPS) is 11.8. The van der Waals surface area contributed by atoms with Crippen LogP contribution >= 0.6 is 22.7 Å². The van der Waals surface area contributed by atoms with Gasteiger partial charge in [-0.05, 0) is 88.7 Å². The van der Waals surface area contributed by atoms with Crippen LogP contribution in [0.2, 0.25) is 0 Å². The van der Waals surface area contributed by atoms with Crippen LogP contribution in [0.15, 0.2) is 78.2 Å². The van der Waals surface area contributed by atoms with E-state index in [0.717, 1.165) is 18.6 Å². The van der Waals surface area contributed by atoms with Crippen molar-refractivity contribution in [3.63, 3.8) is 0 Å². The maximum Gasteiger partial charge on any atom is 0.119 e. The van der Waals surface area contributed by atoms with Gasteiger partial charge in [-0.25, -0.2) is 0 Å². The average molecular weight is 439 g/mol. The number of fused-ring (bicyclic) bond motifs is 6. The minimum atomic E-state index is 0.711. The number of hydrogen-bond donors (Lipinski definition) is 0. The number of ether oxygens (including phenoxy) is 1. The lowest BCUT2D eigenvalue weighted by molar-refractivity contribution is 0.340. The zero-order valence-electron chi connectivity index (χ0n) is 17.4. The van der Waals surface area contributed by atoms with Crippen LogP contribution in [0.3, 0.4) is 0 Å². The van der Waals surface area contributed by atoms with Gasteiger partial charge in [0.15, 0.2) is 0 Å². The van der Waals surface area contributed by atoms with Gasteiger partial charge in [0.25, 0.3) is 0 Å². The molecular weight excluding hydrogens is 416 g/mol. The van der Waals surface area contributed by atoms with E-state index in [-0.39, 0.29) is 0 Å². The summed E-state index contributed by atoms with van der Waals surface area (Å²) >= 11 is 3.78. The number of aryl methyl sites for hydroxylation is 2. The fraction of sp³-hybridized carbons (Fsp3) is 0.143. The van der Waals surface area contributed by atoms with E-state index in [0.29, 0.717) is 6.61 Å². The molecule has 0 bridgehead atoms. The van der Waals surface area contributed by atoms with Crippen LogP contribution in [-0.2, 0) is 12.8 Å². The first-order valence-corrected chi connectivity index (χ1v) is 12.4. The molecule has 152 valence electrons. The molecule has 3 heteroatoms. The third-order valence-electron chi connectivity index (χ3n) is 6.00. The topological polar surface area (TPSA) is 9.23 Å². The van der Waals surface area contributed by atoms with Crippen LogP contribution in [0.25, 0.3) is 41.7 Å². The third-order valence-corrected chi connectivity index (χ3v) is 8.21. The average Bonchev–Trinajstić information content (AvgIpc) is 3.44. The molecule has 0 N–H and O–H groups in total. The van der Waals surface area contributed by atoms with Crippen molar-refractivity contribution in [2.45, 2.75) is 19.8 Å². The van der Waals surface area contributed by atoms with Crippen LogP contribution in [0.5, 0.6) is 5.75 Å². The van der Waals surface area contributed by atoms with E-state index in [1.54, 1.807) is 0 Å². The smallest absolute Gasteiger partial charge is 0.119 e. The standard InChI is InChI=1S/C28H22OS2/c1-2-29-23-10-3-18(4-11-23)5-12-24-15-22-9-8-21-16-25-20(17-26(21)28(22)31-24)7-6-19-13-14-30-27(19)25/h3-4,6-11,13-17H,2,5,12H2,1H3. The predicted molar refractivity (Wildman–Crippen MR) is 137 cm³/mol. The second-order valence-electron chi connectivity index (χ2n) is 7.97. The molecule has 0 aliphatic heterocycles. The molecule has 0 amide bonds. The highest BCUT2D eigenvalue weighted by Crippen LogP contribution is 2.38. The zero-order valence-corrected chi connectivity index (χ0v) is 19.0. The molecule has 31 heavy (non-hydrogen) atoms. The lowest BCUT2D eigenvalue weighted by Crippen LogP contribution is -1.92. The first-order chi connectivity index (χ1) is 15.3. The maximum atomic E-state index is 5.56. The zero-order chi connectivity index (χ0) is 20.8. The predicted octanol–water partition coefficient (Wildman–Crippen LogP) is 8.61. The van der Waals surface area contributed by atoms with E-state index < -0.39 is 0 Å². The highest BCUT2D eigenvalue weighted by Gasteiger charge is 2.10. The van der Waals surface area contributed by atoms with Gasteiger partial charge in [-0.15, -0.1) is 22.7 Å². The molecule has 0 unspecified atom stereocenters. The Hall–Kier alpha value is -2.88. The molecule has 2 aromatic heterocycles. The summed E-state index contributed by atoms with van der Waals surface area (Å²) < 4.78 is 8.36. The van der Waals surface area contributed by atoms with Gasteiger partial charge in [-0.2, -0.15) is 0 Å². The summed E-state index contributed by atoms with van der Waals surface area (Å²) in [6.07, 6.45) is 2.12. The van der Waals surface area contributed by atoms with E-state index in [1.807, 2.05) is 29.6 Å². The van der Waals surface area contributed by atoms with Crippen LogP contribution in [-0.4, -0.2) is 6.61 Å². The molecule has 0 radical (unpaired) electrons. The molecular formula is C28H22OS2. The molecule has 2 heterocycles. The molecule has 0 atom stereocenters. The molecule has 4 aromatic carbocycles. The van der Waals surface area contributed by atoms with Crippen molar-refractivity contribution in [3.05, 3.63) is 88.6 Å². The lowest BCUT2D eigenvalue weighted by Gasteiger charge is -2.05. The van der Waals surface area contributed by atoms with Crippen LogP contribution < -0.4 is 4.74 Å². The Balaban J connectivity index is 1.36. The van der Waals surface area contributed by atoms with Gasteiger partial charge < -0.3 is 4.74 Å². The number of hydrogen-bond acceptors (Lipinski definition) is 3. The maximum absolute atomic E-state index is 5.56. The number of rotatable bonds is 5. The monoisotopic (exact) mass is 438 g/mol. The van der Waals surface area contributed by atoms with Gasteiger partial charge >= 0.3 is 0 Å². The van der Waals surface area contributed by atoms with Gasteiger partial charge in [-0.3, -0.25) is 0 Å². The third kappa shape index (κ3) is 3.38. The van der Waals surface area contributed by atoms with Gasteiger partial charge in [0.05, 0.1) is 6.61 Å². The van der Waals surface area contributed by atoms with E-state index in [4.69, 9.17) is 4.74 Å². The van der Waals surface area contributed by atoms with Gasteiger partial charge in [0.2, 0.25) is 0 Å². The fourth-order valence-electron chi connectivity index (χ4n) is 4.43. The summed E-state index contributed by atoms with van der Waals surface area (Å²) in [6.45, 7) is 2.73. The number of thiophene rings is 2. The summed E-state index contributed by atoms with van der Waals surface area (Å²) in [4.78, 5) is 1.45. The first kappa shape index (κ1) is 18.9. The second-order valence-corrected chi connectivity index (χ2v) is 10.0. The highest BCUT2D eigenvalue weighted by atomic mass is 32.1. The Labute approximate surface area is 189 Å². The van der Waals surface area contributed by atoms with Crippen molar-refractivity contribution in [2.75, 3.05) is 6.61 Å². The molecule has 0 saturated carbocycles. The van der Waals surface area contributed by atoms with Crippen molar-refractivity contribution < 1.29 is 4.74 Å². The molecule has 6 rings (SSSR count). The lowest BCUT2D eigenvalue weighted by atomic mass is 10.0. The van der Waals surface area contributed by atoms with Crippen molar-refractivity contribution in [1.29, 1.82) is 0 Å². The van der Waals surface area contributed by atoms with Crippen molar-refractivity contribution >= 4 is 64.4 Å². The van der Waals surface area contributed by atoms with Crippen LogP contribution in [0, 0.1) is 0 Å². The summed E-state index contributed by atoms with van der Waals surface area (Å²) in [5, 5.41) is 10.3. The van der Waals surface area contributed by atoms with E-state index in [2.05, 4.69) is 78.2 Å². The molecule has 1 nitrogen and oxygen atoms in total. The summed E-state index contributed by atoms with van der Waals surface area (Å²) in [5.74, 6) is 0.951. The Bertz CT molecular complexity index is 1540. The van der Waals surface area contributed by atoms with Crippen LogP contribution in [0.1, 0.15) is 17.4 Å². The Morgan fingerprint density at radius 3 is 2.16 bits per heavy atom. The summed E-state index contributed by atoms with van der Waals surface area (Å²) in [6, 6.07) is 27.0. The fourth-order valence-corrected chi connectivity index (χ4v) is 6.54. The quantitative estimate of drug-likeness (QED) is 0.245. The Kier molecular flexibility index (Phi) is 4.66. The minimum Gasteiger partial charge on any atom is -0.494 e.